The fourth-order valence-corrected chi connectivity index (χ4v) is 6.29. The molecule has 1 atom stereocenters. The van der Waals surface area contributed by atoms with Crippen LogP contribution in [0.4, 0.5) is 4.79 Å². The van der Waals surface area contributed by atoms with Crippen molar-refractivity contribution >= 4 is 18.0 Å². The molecule has 3 N–H and O–H groups in total. The van der Waals surface area contributed by atoms with Crippen LogP contribution in [0.2, 0.25) is 0 Å². The summed E-state index contributed by atoms with van der Waals surface area (Å²) in [4.78, 5) is 40.0. The monoisotopic (exact) mass is 569 g/mol. The number of rotatable bonds is 11. The second-order valence-corrected chi connectivity index (χ2v) is 11.4. The van der Waals surface area contributed by atoms with Gasteiger partial charge >= 0.3 is 12.1 Å². The van der Waals surface area contributed by atoms with Gasteiger partial charge < -0.3 is 20.5 Å². The molecule has 0 aromatic heterocycles. The Bertz CT molecular complexity index is 1360. The van der Waals surface area contributed by atoms with E-state index in [1.54, 1.807) is 0 Å². The number of nitrogens with one attached hydrogen (secondary N) is 2. The van der Waals surface area contributed by atoms with Gasteiger partial charge in [0.2, 0.25) is 5.91 Å². The molecule has 1 heterocycles. The van der Waals surface area contributed by atoms with E-state index in [2.05, 4.69) is 51.9 Å². The first-order chi connectivity index (χ1) is 20.4. The zero-order chi connectivity index (χ0) is 29.5. The maximum Gasteiger partial charge on any atom is 0.407 e. The average Bonchev–Trinajstić information content (AvgIpc) is 3.30. The minimum atomic E-state index is -0.935. The summed E-state index contributed by atoms with van der Waals surface area (Å²) in [6, 6.07) is 26.1. The normalized spacial score (nSPS) is 16.6. The first-order valence-corrected chi connectivity index (χ1v) is 14.8. The van der Waals surface area contributed by atoms with Crippen molar-refractivity contribution in [3.63, 3.8) is 0 Å². The van der Waals surface area contributed by atoms with E-state index in [0.29, 0.717) is 32.4 Å². The van der Waals surface area contributed by atoms with Gasteiger partial charge in [-0.2, -0.15) is 0 Å². The van der Waals surface area contributed by atoms with Crippen LogP contribution in [0.3, 0.4) is 0 Å². The lowest BCUT2D eigenvalue weighted by atomic mass is 9.83. The first kappa shape index (κ1) is 29.3. The molecule has 0 bridgehead atoms. The van der Waals surface area contributed by atoms with E-state index >= 15 is 0 Å². The summed E-state index contributed by atoms with van der Waals surface area (Å²) in [5.74, 6) is -1.25. The van der Waals surface area contributed by atoms with Crippen LogP contribution in [-0.4, -0.2) is 59.3 Å². The Hall–Kier alpha value is -4.17. The number of aliphatic carboxylic acids is 1. The standard InChI is InChI=1S/C34H39N3O5/c1-2-25(35-33(41)42-23-30-28-14-8-6-12-26(28)27-13-7-9-15-29(27)30)20-31(38)36-34(21-32(39)40)16-18-37(19-17-34)22-24-10-4-3-5-11-24/h3-15,25,30H,2,16-23H2,1H3,(H,35,41)(H,36,38)(H,39,40). The van der Waals surface area contributed by atoms with Crippen LogP contribution in [-0.2, 0) is 20.9 Å². The molecule has 2 aliphatic rings. The third kappa shape index (κ3) is 6.99. The van der Waals surface area contributed by atoms with Crippen molar-refractivity contribution in [3.8, 4) is 11.1 Å². The first-order valence-electron chi connectivity index (χ1n) is 14.8. The second-order valence-electron chi connectivity index (χ2n) is 11.4. The maximum atomic E-state index is 13.2. The highest BCUT2D eigenvalue weighted by atomic mass is 16.5. The lowest BCUT2D eigenvalue weighted by molar-refractivity contribution is -0.140. The van der Waals surface area contributed by atoms with Crippen molar-refractivity contribution < 1.29 is 24.2 Å². The van der Waals surface area contributed by atoms with Crippen LogP contribution in [0, 0.1) is 0 Å². The molecule has 42 heavy (non-hydrogen) atoms. The summed E-state index contributed by atoms with van der Waals surface area (Å²) in [7, 11) is 0. The van der Waals surface area contributed by atoms with E-state index < -0.39 is 23.6 Å². The molecule has 220 valence electrons. The number of carboxylic acid groups (broad SMARTS) is 1. The average molecular weight is 570 g/mol. The van der Waals surface area contributed by atoms with Crippen molar-refractivity contribution in [3.05, 3.63) is 95.6 Å². The Morgan fingerprint density at radius 3 is 2.12 bits per heavy atom. The fraction of sp³-hybridized carbons (Fsp3) is 0.382. The Morgan fingerprint density at radius 1 is 0.929 bits per heavy atom. The zero-order valence-electron chi connectivity index (χ0n) is 24.1. The molecule has 3 aromatic rings. The highest BCUT2D eigenvalue weighted by Crippen LogP contribution is 2.44. The van der Waals surface area contributed by atoms with Gasteiger partial charge in [0.25, 0.3) is 0 Å². The number of amides is 2. The summed E-state index contributed by atoms with van der Waals surface area (Å²) >= 11 is 0. The lowest BCUT2D eigenvalue weighted by Gasteiger charge is -2.42. The summed E-state index contributed by atoms with van der Waals surface area (Å²) in [5, 5.41) is 15.5. The molecule has 0 spiro atoms. The summed E-state index contributed by atoms with van der Waals surface area (Å²) in [6.45, 7) is 4.27. The molecule has 1 saturated heterocycles. The molecule has 8 nitrogen and oxygen atoms in total. The number of hydrogen-bond acceptors (Lipinski definition) is 5. The number of piperidine rings is 1. The van der Waals surface area contributed by atoms with Gasteiger partial charge in [-0.15, -0.1) is 0 Å². The highest BCUT2D eigenvalue weighted by molar-refractivity contribution is 5.80. The van der Waals surface area contributed by atoms with E-state index in [9.17, 15) is 19.5 Å². The van der Waals surface area contributed by atoms with Crippen LogP contribution in [0.1, 0.15) is 61.6 Å². The number of benzene rings is 3. The van der Waals surface area contributed by atoms with E-state index in [1.807, 2.05) is 49.4 Å². The molecule has 1 unspecified atom stereocenters. The summed E-state index contributed by atoms with van der Waals surface area (Å²) in [5.41, 5.74) is 4.99. The molecule has 2 amide bonds. The highest BCUT2D eigenvalue weighted by Gasteiger charge is 2.38. The number of nitrogens with zero attached hydrogens (tertiary/aromatic N) is 1. The minimum Gasteiger partial charge on any atom is -0.481 e. The predicted octanol–water partition coefficient (Wildman–Crippen LogP) is 5.32. The molecule has 0 saturated carbocycles. The molecule has 3 aromatic carbocycles. The van der Waals surface area contributed by atoms with E-state index in [0.717, 1.165) is 28.8 Å². The van der Waals surface area contributed by atoms with Crippen molar-refractivity contribution in [1.82, 2.24) is 15.5 Å². The number of likely N-dealkylation sites (tertiary alicyclic amines) is 1. The fourth-order valence-electron chi connectivity index (χ4n) is 6.29. The molecule has 5 rings (SSSR count). The molecule has 8 heteroatoms. The predicted molar refractivity (Wildman–Crippen MR) is 161 cm³/mol. The van der Waals surface area contributed by atoms with Gasteiger partial charge in [-0.1, -0.05) is 85.8 Å². The number of alkyl carbamates (subject to hydrolysis) is 1. The number of carbonyl (C=O) groups is 3. The van der Waals surface area contributed by atoms with E-state index in [4.69, 9.17) is 4.74 Å². The topological polar surface area (TPSA) is 108 Å². The smallest absolute Gasteiger partial charge is 0.407 e. The van der Waals surface area contributed by atoms with Gasteiger partial charge in [-0.25, -0.2) is 4.79 Å². The van der Waals surface area contributed by atoms with Gasteiger partial charge in [-0.05, 0) is 47.1 Å². The molecule has 1 aliphatic heterocycles. The van der Waals surface area contributed by atoms with Crippen LogP contribution in [0.5, 0.6) is 0 Å². The maximum absolute atomic E-state index is 13.2. The van der Waals surface area contributed by atoms with Crippen molar-refractivity contribution in [2.24, 2.45) is 0 Å². The van der Waals surface area contributed by atoms with E-state index in [1.165, 1.54) is 5.56 Å². The third-order valence-corrected chi connectivity index (χ3v) is 8.55. The molecule has 1 fully saturated rings. The molecule has 0 radical (unpaired) electrons. The Labute approximate surface area is 247 Å². The number of carbonyl (C=O) groups excluding carboxylic acids is 2. The van der Waals surface area contributed by atoms with Gasteiger partial charge in [0, 0.05) is 38.0 Å². The van der Waals surface area contributed by atoms with Crippen molar-refractivity contribution in [2.45, 2.75) is 63.1 Å². The number of carboxylic acids is 1. The number of fused-ring (bicyclic) bond motifs is 3. The Morgan fingerprint density at radius 2 is 1.52 bits per heavy atom. The van der Waals surface area contributed by atoms with Gasteiger partial charge in [0.05, 0.1) is 12.0 Å². The Balaban J connectivity index is 1.14. The molecule has 1 aliphatic carbocycles. The number of ether oxygens (including phenoxy) is 1. The van der Waals surface area contributed by atoms with Crippen molar-refractivity contribution in [2.75, 3.05) is 19.7 Å². The number of hydrogen-bond donors (Lipinski definition) is 3. The molecular formula is C34H39N3O5. The van der Waals surface area contributed by atoms with Gasteiger partial charge in [-0.3, -0.25) is 14.5 Å². The van der Waals surface area contributed by atoms with Crippen molar-refractivity contribution in [1.29, 1.82) is 0 Å². The van der Waals surface area contributed by atoms with Gasteiger partial charge in [0.1, 0.15) is 6.61 Å². The van der Waals surface area contributed by atoms with Crippen LogP contribution in [0.15, 0.2) is 78.9 Å². The summed E-state index contributed by atoms with van der Waals surface area (Å²) < 4.78 is 5.67. The second kappa shape index (κ2) is 13.2. The van der Waals surface area contributed by atoms with Gasteiger partial charge in [0.15, 0.2) is 0 Å². The lowest BCUT2D eigenvalue weighted by Crippen LogP contribution is -2.57. The largest absolute Gasteiger partial charge is 0.481 e. The summed E-state index contributed by atoms with van der Waals surface area (Å²) in [6.07, 6.45) is 0.993. The van der Waals surface area contributed by atoms with Crippen LogP contribution < -0.4 is 10.6 Å². The van der Waals surface area contributed by atoms with E-state index in [-0.39, 0.29) is 31.3 Å². The third-order valence-electron chi connectivity index (χ3n) is 8.55. The quantitative estimate of drug-likeness (QED) is 0.289. The van der Waals surface area contributed by atoms with Crippen LogP contribution in [0.25, 0.3) is 11.1 Å². The minimum absolute atomic E-state index is 0.0461. The molecular weight excluding hydrogens is 530 g/mol. The zero-order valence-corrected chi connectivity index (χ0v) is 24.1. The SMILES string of the molecule is CCC(CC(=O)NC1(CC(=O)O)CCN(Cc2ccccc2)CC1)NC(=O)OCC1c2ccccc2-c2ccccc21. The van der Waals surface area contributed by atoms with Crippen LogP contribution >= 0.6 is 0 Å². The Kier molecular flexibility index (Phi) is 9.22.